The van der Waals surface area contributed by atoms with Gasteiger partial charge in [0.1, 0.15) is 6.07 Å². The molecule has 2 amide bonds. The zero-order valence-corrected chi connectivity index (χ0v) is 9.80. The van der Waals surface area contributed by atoms with Gasteiger partial charge in [-0.05, 0) is 25.0 Å². The predicted molar refractivity (Wildman–Crippen MR) is 64.5 cm³/mol. The van der Waals surface area contributed by atoms with Crippen molar-refractivity contribution in [3.05, 3.63) is 29.8 Å². The van der Waals surface area contributed by atoms with Crippen molar-refractivity contribution >= 4 is 17.5 Å². The Balaban J connectivity index is 2.06. The van der Waals surface area contributed by atoms with Crippen LogP contribution in [0.1, 0.15) is 24.8 Å². The molecular formula is C14H12N2O2. The largest absolute Gasteiger partial charge is 0.274 e. The number of rotatable bonds is 1. The highest BCUT2D eigenvalue weighted by atomic mass is 16.2. The number of imide groups is 1. The van der Waals surface area contributed by atoms with E-state index in [-0.39, 0.29) is 23.7 Å². The SMILES string of the molecule is N#Cc1ccccc1N1C(=O)C2CCCC2C1=O. The van der Waals surface area contributed by atoms with E-state index < -0.39 is 0 Å². The van der Waals surface area contributed by atoms with E-state index in [1.54, 1.807) is 24.3 Å². The van der Waals surface area contributed by atoms with E-state index in [2.05, 4.69) is 0 Å². The lowest BCUT2D eigenvalue weighted by atomic mass is 10.00. The third kappa shape index (κ3) is 1.37. The van der Waals surface area contributed by atoms with Crippen LogP contribution in [0.2, 0.25) is 0 Å². The summed E-state index contributed by atoms with van der Waals surface area (Å²) in [5.74, 6) is -0.594. The van der Waals surface area contributed by atoms with E-state index in [9.17, 15) is 9.59 Å². The molecule has 1 saturated heterocycles. The Bertz CT molecular complexity index is 551. The normalized spacial score (nSPS) is 26.3. The second-order valence-electron chi connectivity index (χ2n) is 4.78. The van der Waals surface area contributed by atoms with Gasteiger partial charge in [0.15, 0.2) is 0 Å². The number of hydrogen-bond donors (Lipinski definition) is 0. The number of hydrogen-bond acceptors (Lipinski definition) is 3. The Kier molecular flexibility index (Phi) is 2.41. The van der Waals surface area contributed by atoms with Crippen molar-refractivity contribution in [2.45, 2.75) is 19.3 Å². The summed E-state index contributed by atoms with van der Waals surface area (Å²) in [7, 11) is 0. The van der Waals surface area contributed by atoms with Crippen molar-refractivity contribution in [3.63, 3.8) is 0 Å². The number of benzene rings is 1. The summed E-state index contributed by atoms with van der Waals surface area (Å²) in [6.07, 6.45) is 2.53. The van der Waals surface area contributed by atoms with Crippen molar-refractivity contribution in [2.24, 2.45) is 11.8 Å². The minimum absolute atomic E-state index is 0.134. The molecule has 1 aliphatic heterocycles. The molecule has 2 atom stereocenters. The Labute approximate surface area is 105 Å². The molecule has 1 aromatic carbocycles. The molecule has 4 heteroatoms. The molecule has 1 aliphatic carbocycles. The number of fused-ring (bicyclic) bond motifs is 1. The average Bonchev–Trinajstić information content (AvgIpc) is 2.95. The molecule has 2 fully saturated rings. The fourth-order valence-corrected chi connectivity index (χ4v) is 2.99. The monoisotopic (exact) mass is 240 g/mol. The molecule has 0 radical (unpaired) electrons. The van der Waals surface area contributed by atoms with Gasteiger partial charge in [-0.2, -0.15) is 5.26 Å². The summed E-state index contributed by atoms with van der Waals surface area (Å²) in [4.78, 5) is 25.7. The molecule has 0 N–H and O–H groups in total. The molecule has 90 valence electrons. The highest BCUT2D eigenvalue weighted by Gasteiger charge is 2.50. The zero-order valence-electron chi connectivity index (χ0n) is 9.80. The number of nitrogens with zero attached hydrogens (tertiary/aromatic N) is 2. The highest BCUT2D eigenvalue weighted by Crippen LogP contribution is 2.42. The molecule has 0 bridgehead atoms. The lowest BCUT2D eigenvalue weighted by Crippen LogP contribution is -2.32. The van der Waals surface area contributed by atoms with E-state index >= 15 is 0 Å². The summed E-state index contributed by atoms with van der Waals surface area (Å²) in [5.41, 5.74) is 0.809. The first-order chi connectivity index (χ1) is 8.74. The van der Waals surface area contributed by atoms with Crippen LogP contribution in [-0.4, -0.2) is 11.8 Å². The zero-order chi connectivity index (χ0) is 12.7. The first-order valence-corrected chi connectivity index (χ1v) is 6.11. The third-order valence-electron chi connectivity index (χ3n) is 3.86. The maximum atomic E-state index is 12.3. The van der Waals surface area contributed by atoms with Crippen molar-refractivity contribution < 1.29 is 9.59 Å². The molecule has 1 heterocycles. The summed E-state index contributed by atoms with van der Waals surface area (Å²) >= 11 is 0. The van der Waals surface area contributed by atoms with Gasteiger partial charge in [0.05, 0.1) is 23.1 Å². The fraction of sp³-hybridized carbons (Fsp3) is 0.357. The molecule has 3 rings (SSSR count). The number of amides is 2. The molecule has 1 saturated carbocycles. The number of nitriles is 1. The van der Waals surface area contributed by atoms with Crippen molar-refractivity contribution in [1.82, 2.24) is 0 Å². The molecule has 0 aromatic heterocycles. The van der Waals surface area contributed by atoms with Crippen LogP contribution in [0.5, 0.6) is 0 Å². The molecule has 2 unspecified atom stereocenters. The lowest BCUT2D eigenvalue weighted by Gasteiger charge is -2.16. The maximum Gasteiger partial charge on any atom is 0.237 e. The minimum Gasteiger partial charge on any atom is -0.274 e. The van der Waals surface area contributed by atoms with Crippen LogP contribution in [0.3, 0.4) is 0 Å². The quantitative estimate of drug-likeness (QED) is 0.704. The van der Waals surface area contributed by atoms with Crippen LogP contribution in [0.25, 0.3) is 0 Å². The van der Waals surface area contributed by atoms with Crippen LogP contribution in [0, 0.1) is 23.2 Å². The summed E-state index contributed by atoms with van der Waals surface area (Å²) in [6.45, 7) is 0. The number of anilines is 1. The highest BCUT2D eigenvalue weighted by molar-refractivity contribution is 6.22. The maximum absolute atomic E-state index is 12.3. The van der Waals surface area contributed by atoms with Gasteiger partial charge in [-0.25, -0.2) is 4.90 Å². The fourth-order valence-electron chi connectivity index (χ4n) is 2.99. The van der Waals surface area contributed by atoms with Crippen molar-refractivity contribution in [1.29, 1.82) is 5.26 Å². The Morgan fingerprint density at radius 2 is 1.72 bits per heavy atom. The Hall–Kier alpha value is -2.15. The smallest absolute Gasteiger partial charge is 0.237 e. The Morgan fingerprint density at radius 3 is 2.33 bits per heavy atom. The molecule has 0 spiro atoms. The van der Waals surface area contributed by atoms with Gasteiger partial charge in [-0.3, -0.25) is 9.59 Å². The van der Waals surface area contributed by atoms with Gasteiger partial charge in [0.2, 0.25) is 11.8 Å². The van der Waals surface area contributed by atoms with E-state index in [1.807, 2.05) is 6.07 Å². The lowest BCUT2D eigenvalue weighted by molar-refractivity contribution is -0.122. The van der Waals surface area contributed by atoms with E-state index in [4.69, 9.17) is 5.26 Å². The average molecular weight is 240 g/mol. The van der Waals surface area contributed by atoms with E-state index in [1.165, 1.54) is 4.90 Å². The standard InChI is InChI=1S/C14H12N2O2/c15-8-9-4-1-2-7-12(9)16-13(17)10-5-3-6-11(10)14(16)18/h1-2,4,7,10-11H,3,5-6H2. The van der Waals surface area contributed by atoms with Gasteiger partial charge in [-0.1, -0.05) is 18.6 Å². The second-order valence-corrected chi connectivity index (χ2v) is 4.78. The second kappa shape index (κ2) is 3.95. The van der Waals surface area contributed by atoms with Gasteiger partial charge < -0.3 is 0 Å². The number of carbonyl (C=O) groups excluding carboxylic acids is 2. The molecule has 1 aromatic rings. The first kappa shape index (κ1) is 11.0. The van der Waals surface area contributed by atoms with Crippen LogP contribution in [0.15, 0.2) is 24.3 Å². The number of carbonyl (C=O) groups is 2. The van der Waals surface area contributed by atoms with E-state index in [0.29, 0.717) is 11.3 Å². The number of para-hydroxylation sites is 1. The summed E-state index contributed by atoms with van der Waals surface area (Å²) in [6, 6.07) is 8.80. The molecule has 2 aliphatic rings. The topological polar surface area (TPSA) is 61.2 Å². The van der Waals surface area contributed by atoms with Crippen molar-refractivity contribution in [2.75, 3.05) is 4.90 Å². The van der Waals surface area contributed by atoms with Gasteiger partial charge in [0.25, 0.3) is 0 Å². The molecular weight excluding hydrogens is 228 g/mol. The van der Waals surface area contributed by atoms with Gasteiger partial charge in [0, 0.05) is 0 Å². The predicted octanol–water partition coefficient (Wildman–Crippen LogP) is 1.85. The van der Waals surface area contributed by atoms with Crippen molar-refractivity contribution in [3.8, 4) is 6.07 Å². The summed E-state index contributed by atoms with van der Waals surface area (Å²) < 4.78 is 0. The molecule has 18 heavy (non-hydrogen) atoms. The van der Waals surface area contributed by atoms with Gasteiger partial charge >= 0.3 is 0 Å². The Morgan fingerprint density at radius 1 is 1.11 bits per heavy atom. The van der Waals surface area contributed by atoms with Crippen LogP contribution >= 0.6 is 0 Å². The van der Waals surface area contributed by atoms with E-state index in [0.717, 1.165) is 19.3 Å². The molecule has 4 nitrogen and oxygen atoms in total. The van der Waals surface area contributed by atoms with Crippen LogP contribution < -0.4 is 4.90 Å². The first-order valence-electron chi connectivity index (χ1n) is 6.11. The van der Waals surface area contributed by atoms with Crippen LogP contribution in [0.4, 0.5) is 5.69 Å². The minimum atomic E-state index is -0.163. The van der Waals surface area contributed by atoms with Crippen LogP contribution in [-0.2, 0) is 9.59 Å². The summed E-state index contributed by atoms with van der Waals surface area (Å²) in [5, 5.41) is 9.06. The van der Waals surface area contributed by atoms with Gasteiger partial charge in [-0.15, -0.1) is 0 Å². The third-order valence-corrected chi connectivity index (χ3v) is 3.86.